The minimum atomic E-state index is 0.575. The fourth-order valence-electron chi connectivity index (χ4n) is 2.22. The van der Waals surface area contributed by atoms with Crippen LogP contribution in [0.1, 0.15) is 16.7 Å². The lowest BCUT2D eigenvalue weighted by Crippen LogP contribution is -1.87. The van der Waals surface area contributed by atoms with Gasteiger partial charge in [0, 0.05) is 16.7 Å². The van der Waals surface area contributed by atoms with Crippen LogP contribution in [-0.2, 0) is 4.79 Å². The Morgan fingerprint density at radius 1 is 0.591 bits per heavy atom. The summed E-state index contributed by atoms with van der Waals surface area (Å²) in [6.07, 6.45) is 1.98. The van der Waals surface area contributed by atoms with Gasteiger partial charge in [-0.2, -0.15) is 0 Å². The summed E-state index contributed by atoms with van der Waals surface area (Å²) in [5.74, 6) is 6.27. The maximum absolute atomic E-state index is 11.0. The van der Waals surface area contributed by atoms with E-state index in [0.717, 1.165) is 22.3 Å². The van der Waals surface area contributed by atoms with E-state index >= 15 is 0 Å². The highest BCUT2D eigenvalue weighted by molar-refractivity contribution is 5.87. The third kappa shape index (κ3) is 3.13. The Balaban J connectivity index is 1.88. The third-order valence-electron chi connectivity index (χ3n) is 3.36. The molecule has 0 aliphatic rings. The normalized spacial score (nSPS) is 9.64. The molecule has 3 rings (SSSR count). The Morgan fingerprint density at radius 2 is 1.18 bits per heavy atom. The molecule has 22 heavy (non-hydrogen) atoms. The summed E-state index contributed by atoms with van der Waals surface area (Å²) in [6, 6.07) is 25.2. The van der Waals surface area contributed by atoms with Crippen LogP contribution in [0.3, 0.4) is 0 Å². The lowest BCUT2D eigenvalue weighted by molar-refractivity contribution is 0.563. The monoisotopic (exact) mass is 281 g/mol. The lowest BCUT2D eigenvalue weighted by Gasteiger charge is -2.04. The summed E-state index contributed by atoms with van der Waals surface area (Å²) in [6.45, 7) is 0. The van der Waals surface area contributed by atoms with Crippen LogP contribution in [0, 0.1) is 11.8 Å². The molecule has 0 spiro atoms. The van der Waals surface area contributed by atoms with E-state index in [4.69, 9.17) is 0 Å². The van der Waals surface area contributed by atoms with E-state index in [1.807, 2.05) is 79.1 Å². The molecule has 3 aromatic carbocycles. The zero-order valence-corrected chi connectivity index (χ0v) is 11.9. The van der Waals surface area contributed by atoms with Crippen molar-refractivity contribution in [3.63, 3.8) is 0 Å². The summed E-state index contributed by atoms with van der Waals surface area (Å²) in [5.41, 5.74) is 4.39. The smallest absolute Gasteiger partial charge is 0.234 e. The molecule has 1 heteroatoms. The van der Waals surface area contributed by atoms with Crippen LogP contribution in [0.25, 0.3) is 11.1 Å². The summed E-state index contributed by atoms with van der Waals surface area (Å²) in [7, 11) is 0. The van der Waals surface area contributed by atoms with Crippen molar-refractivity contribution in [3.05, 3.63) is 95.6 Å². The molecule has 0 unspecified atom stereocenters. The van der Waals surface area contributed by atoms with Gasteiger partial charge in [0.1, 0.15) is 0 Å². The van der Waals surface area contributed by atoms with Crippen LogP contribution in [0.2, 0.25) is 0 Å². The zero-order valence-electron chi connectivity index (χ0n) is 11.9. The third-order valence-corrected chi connectivity index (χ3v) is 3.36. The predicted molar refractivity (Wildman–Crippen MR) is 89.1 cm³/mol. The van der Waals surface area contributed by atoms with Crippen molar-refractivity contribution in [1.82, 2.24) is 0 Å². The molecule has 0 amide bonds. The molecule has 0 saturated carbocycles. The van der Waals surface area contributed by atoms with Crippen LogP contribution < -0.4 is 0 Å². The topological polar surface area (TPSA) is 17.1 Å². The molecule has 1 nitrogen and oxygen atoms in total. The van der Waals surface area contributed by atoms with Crippen LogP contribution in [0.5, 0.6) is 0 Å². The number of rotatable bonds is 2. The summed E-state index contributed by atoms with van der Waals surface area (Å²) in [4.78, 5) is 11.0. The van der Waals surface area contributed by atoms with Crippen molar-refractivity contribution in [3.8, 4) is 23.0 Å². The van der Waals surface area contributed by atoms with Gasteiger partial charge in [0.05, 0.1) is 0 Å². The second kappa shape index (κ2) is 6.56. The number of benzene rings is 3. The van der Waals surface area contributed by atoms with Crippen molar-refractivity contribution in [2.24, 2.45) is 0 Å². The van der Waals surface area contributed by atoms with Gasteiger partial charge >= 0.3 is 0 Å². The van der Waals surface area contributed by atoms with Crippen LogP contribution in [0.15, 0.2) is 78.9 Å². The van der Waals surface area contributed by atoms with Crippen molar-refractivity contribution >= 4 is 6.29 Å². The van der Waals surface area contributed by atoms with E-state index in [-0.39, 0.29) is 0 Å². The van der Waals surface area contributed by atoms with Crippen LogP contribution >= 0.6 is 0 Å². The molecule has 0 bridgehead atoms. The first-order chi connectivity index (χ1) is 10.9. The second-order valence-electron chi connectivity index (χ2n) is 4.84. The van der Waals surface area contributed by atoms with Gasteiger partial charge in [-0.3, -0.25) is 4.79 Å². The molecule has 0 saturated heterocycles. The number of hydrogen-bond donors (Lipinski definition) is 0. The molecular weight excluding hydrogens is 268 g/mol. The first-order valence-electron chi connectivity index (χ1n) is 7.01. The maximum Gasteiger partial charge on any atom is 0.234 e. The highest BCUT2D eigenvalue weighted by Gasteiger charge is 2.03. The Bertz CT molecular complexity index is 834. The van der Waals surface area contributed by atoms with Gasteiger partial charge in [0.15, 0.2) is 0 Å². The largest absolute Gasteiger partial charge is 0.285 e. The summed E-state index contributed by atoms with van der Waals surface area (Å²) >= 11 is 0. The molecule has 0 aliphatic heterocycles. The van der Waals surface area contributed by atoms with Gasteiger partial charge < -0.3 is 0 Å². The van der Waals surface area contributed by atoms with E-state index < -0.39 is 0 Å². The fourth-order valence-corrected chi connectivity index (χ4v) is 2.22. The van der Waals surface area contributed by atoms with Crippen molar-refractivity contribution in [2.75, 3.05) is 0 Å². The lowest BCUT2D eigenvalue weighted by atomic mass is 9.99. The Kier molecular flexibility index (Phi) is 4.13. The molecule has 0 fully saturated rings. The molecule has 0 heterocycles. The molecule has 103 valence electrons. The van der Waals surface area contributed by atoms with Gasteiger partial charge in [-0.15, -0.1) is 0 Å². The highest BCUT2D eigenvalue weighted by atomic mass is 16.1. The molecule has 0 N–H and O–H groups in total. The quantitative estimate of drug-likeness (QED) is 0.643. The molecule has 3 aromatic rings. The maximum atomic E-state index is 11.0. The SMILES string of the molecule is O=[C]c1ccccc1-c1ccc(C#Cc2ccccc2)cc1. The molecular formula is C21H13O. The fraction of sp³-hybridized carbons (Fsp3) is 0. The van der Waals surface area contributed by atoms with Gasteiger partial charge in [0.25, 0.3) is 0 Å². The van der Waals surface area contributed by atoms with Crippen molar-refractivity contribution in [1.29, 1.82) is 0 Å². The predicted octanol–water partition coefficient (Wildman–Crippen LogP) is 4.21. The highest BCUT2D eigenvalue weighted by Crippen LogP contribution is 2.22. The molecule has 0 atom stereocenters. The summed E-state index contributed by atoms with van der Waals surface area (Å²) in [5, 5.41) is 0. The minimum absolute atomic E-state index is 0.575. The van der Waals surface area contributed by atoms with Crippen LogP contribution in [0.4, 0.5) is 0 Å². The van der Waals surface area contributed by atoms with Crippen LogP contribution in [-0.4, -0.2) is 6.29 Å². The Labute approximate surface area is 130 Å². The van der Waals surface area contributed by atoms with Crippen molar-refractivity contribution in [2.45, 2.75) is 0 Å². The first-order valence-corrected chi connectivity index (χ1v) is 7.01. The van der Waals surface area contributed by atoms with E-state index in [9.17, 15) is 4.79 Å². The van der Waals surface area contributed by atoms with Gasteiger partial charge in [0.2, 0.25) is 6.29 Å². The van der Waals surface area contributed by atoms with E-state index in [2.05, 4.69) is 11.8 Å². The van der Waals surface area contributed by atoms with E-state index in [0.29, 0.717) is 5.56 Å². The standard InChI is InChI=1S/C21H13O/c22-16-20-8-4-5-9-21(20)19-14-12-18(13-15-19)11-10-17-6-2-1-3-7-17/h1-9,12-15H. The first kappa shape index (κ1) is 13.9. The van der Waals surface area contributed by atoms with E-state index in [1.165, 1.54) is 0 Å². The van der Waals surface area contributed by atoms with E-state index in [1.54, 1.807) is 6.07 Å². The minimum Gasteiger partial charge on any atom is -0.285 e. The Hall–Kier alpha value is -3.11. The number of hydrogen-bond acceptors (Lipinski definition) is 1. The average Bonchev–Trinajstić information content (AvgIpc) is 2.61. The molecule has 0 aliphatic carbocycles. The van der Waals surface area contributed by atoms with Gasteiger partial charge in [-0.1, -0.05) is 66.4 Å². The van der Waals surface area contributed by atoms with Crippen molar-refractivity contribution < 1.29 is 4.79 Å². The summed E-state index contributed by atoms with van der Waals surface area (Å²) < 4.78 is 0. The Morgan fingerprint density at radius 3 is 1.86 bits per heavy atom. The van der Waals surface area contributed by atoms with Gasteiger partial charge in [-0.25, -0.2) is 0 Å². The van der Waals surface area contributed by atoms with Gasteiger partial charge in [-0.05, 0) is 35.4 Å². The molecule has 0 aromatic heterocycles. The zero-order chi connectivity index (χ0) is 15.2. The number of carbonyl (C=O) groups excluding carboxylic acids is 1. The molecule has 1 radical (unpaired) electrons. The second-order valence-corrected chi connectivity index (χ2v) is 4.84. The average molecular weight is 281 g/mol.